The lowest BCUT2D eigenvalue weighted by atomic mass is 9.98. The molecule has 0 bridgehead atoms. The minimum absolute atomic E-state index is 0.205. The maximum absolute atomic E-state index is 10.6. The van der Waals surface area contributed by atoms with Crippen molar-refractivity contribution in [2.75, 3.05) is 0 Å². The van der Waals surface area contributed by atoms with Gasteiger partial charge in [-0.3, -0.25) is 9.97 Å². The summed E-state index contributed by atoms with van der Waals surface area (Å²) in [5.74, 6) is 0.903. The number of benzene rings is 4. The Morgan fingerprint density at radius 1 is 0.619 bits per heavy atom. The van der Waals surface area contributed by atoms with Crippen LogP contribution in [0.2, 0.25) is 0 Å². The monoisotopic (exact) mass is 544 g/mol. The summed E-state index contributed by atoms with van der Waals surface area (Å²) in [6.07, 6.45) is 5.54. The van der Waals surface area contributed by atoms with Crippen LogP contribution in [0.5, 0.6) is 5.75 Å². The lowest BCUT2D eigenvalue weighted by Crippen LogP contribution is -1.93. The molecular formula is C37H28N4O. The number of aryl methyl sites for hydroxylation is 2. The molecule has 0 aliphatic rings. The predicted octanol–water partition coefficient (Wildman–Crippen LogP) is 8.71. The van der Waals surface area contributed by atoms with Gasteiger partial charge in [0.1, 0.15) is 17.1 Å². The van der Waals surface area contributed by atoms with Gasteiger partial charge in [-0.15, -0.1) is 0 Å². The van der Waals surface area contributed by atoms with Crippen molar-refractivity contribution < 1.29 is 5.11 Å². The summed E-state index contributed by atoms with van der Waals surface area (Å²) in [6, 6.07) is 37.1. The largest absolute Gasteiger partial charge is 0.507 e. The second-order valence-corrected chi connectivity index (χ2v) is 10.5. The average Bonchev–Trinajstić information content (AvgIpc) is 3.39. The van der Waals surface area contributed by atoms with Crippen molar-refractivity contribution in [2.45, 2.75) is 6.92 Å². The number of hydrogen-bond acceptors (Lipinski definition) is 4. The lowest BCUT2D eigenvalue weighted by molar-refractivity contribution is 0.476. The molecule has 0 saturated heterocycles. The molecule has 0 radical (unpaired) electrons. The molecule has 0 aliphatic carbocycles. The summed E-state index contributed by atoms with van der Waals surface area (Å²) in [7, 11) is 1.95. The van der Waals surface area contributed by atoms with Crippen LogP contribution in [0.15, 0.2) is 128 Å². The van der Waals surface area contributed by atoms with Gasteiger partial charge in [-0.05, 0) is 65.1 Å². The summed E-state index contributed by atoms with van der Waals surface area (Å²) in [6.45, 7) is 2.01. The standard InChI is InChI=1S/C37H28N4O/c1-24-11-16-35(42)31(19-24)37-40-36-32(22-38-23-34(36)41(37)2)29-9-6-10-30(20-29)33-21-28(17-18-39-33)27-14-12-26(13-15-27)25-7-4-3-5-8-25/h3-23,42H,1-2H3. The number of aromatic nitrogens is 4. The summed E-state index contributed by atoms with van der Waals surface area (Å²) in [5.41, 5.74) is 12.0. The Labute approximate surface area is 244 Å². The molecule has 0 fully saturated rings. The van der Waals surface area contributed by atoms with Gasteiger partial charge in [-0.2, -0.15) is 0 Å². The molecular weight excluding hydrogens is 516 g/mol. The number of imidazole rings is 1. The van der Waals surface area contributed by atoms with E-state index in [1.807, 2.05) is 67.5 Å². The molecule has 7 aromatic rings. The first kappa shape index (κ1) is 25.4. The molecule has 42 heavy (non-hydrogen) atoms. The van der Waals surface area contributed by atoms with Crippen LogP contribution in [0, 0.1) is 6.92 Å². The third-order valence-electron chi connectivity index (χ3n) is 7.74. The first-order valence-electron chi connectivity index (χ1n) is 13.9. The van der Waals surface area contributed by atoms with E-state index >= 15 is 0 Å². The zero-order valence-electron chi connectivity index (χ0n) is 23.4. The van der Waals surface area contributed by atoms with Crippen LogP contribution in [0.4, 0.5) is 0 Å². The van der Waals surface area contributed by atoms with Crippen LogP contribution in [-0.2, 0) is 7.05 Å². The van der Waals surface area contributed by atoms with Crippen LogP contribution in [-0.4, -0.2) is 24.6 Å². The summed E-state index contributed by atoms with van der Waals surface area (Å²) >= 11 is 0. The van der Waals surface area contributed by atoms with Crippen LogP contribution >= 0.6 is 0 Å². The topological polar surface area (TPSA) is 63.8 Å². The Hall–Kier alpha value is -5.55. The van der Waals surface area contributed by atoms with Crippen molar-refractivity contribution in [3.8, 4) is 61.8 Å². The molecule has 0 aliphatic heterocycles. The van der Waals surface area contributed by atoms with E-state index in [0.29, 0.717) is 11.4 Å². The maximum atomic E-state index is 10.6. The second-order valence-electron chi connectivity index (χ2n) is 10.5. The number of phenolic OH excluding ortho intramolecular Hbond substituents is 1. The molecule has 3 heterocycles. The van der Waals surface area contributed by atoms with Gasteiger partial charge >= 0.3 is 0 Å². The van der Waals surface area contributed by atoms with Gasteiger partial charge in [-0.25, -0.2) is 4.98 Å². The molecule has 0 spiro atoms. The molecule has 0 unspecified atom stereocenters. The fourth-order valence-electron chi connectivity index (χ4n) is 5.48. The SMILES string of the molecule is Cc1ccc(O)c(-c2nc3c(-c4cccc(-c5cc(-c6ccc(-c7ccccc7)cc6)ccn5)c4)cncc3n2C)c1. The van der Waals surface area contributed by atoms with Crippen LogP contribution in [0.25, 0.3) is 67.1 Å². The van der Waals surface area contributed by atoms with Gasteiger partial charge < -0.3 is 9.67 Å². The highest BCUT2D eigenvalue weighted by molar-refractivity contribution is 5.94. The minimum atomic E-state index is 0.205. The molecule has 5 nitrogen and oxygen atoms in total. The van der Waals surface area contributed by atoms with E-state index < -0.39 is 0 Å². The predicted molar refractivity (Wildman–Crippen MR) is 170 cm³/mol. The average molecular weight is 545 g/mol. The molecule has 0 atom stereocenters. The molecule has 1 N–H and O–H groups in total. The van der Waals surface area contributed by atoms with Crippen LogP contribution in [0.3, 0.4) is 0 Å². The zero-order valence-corrected chi connectivity index (χ0v) is 23.4. The fourth-order valence-corrected chi connectivity index (χ4v) is 5.48. The molecule has 7 rings (SSSR count). The zero-order chi connectivity index (χ0) is 28.6. The second kappa shape index (κ2) is 10.5. The first-order chi connectivity index (χ1) is 20.5. The quantitative estimate of drug-likeness (QED) is 0.235. The normalized spacial score (nSPS) is 11.2. The van der Waals surface area contributed by atoms with E-state index in [0.717, 1.165) is 50.1 Å². The number of phenols is 1. The summed E-state index contributed by atoms with van der Waals surface area (Å²) < 4.78 is 1.98. The highest BCUT2D eigenvalue weighted by Gasteiger charge is 2.17. The van der Waals surface area contributed by atoms with Gasteiger partial charge in [0, 0.05) is 30.6 Å². The fraction of sp³-hybridized carbons (Fsp3) is 0.0541. The lowest BCUT2D eigenvalue weighted by Gasteiger charge is -2.09. The van der Waals surface area contributed by atoms with Crippen molar-refractivity contribution >= 4 is 11.0 Å². The number of hydrogen-bond donors (Lipinski definition) is 1. The molecule has 0 amide bonds. The third kappa shape index (κ3) is 4.61. The van der Waals surface area contributed by atoms with Crippen LogP contribution < -0.4 is 0 Å². The third-order valence-corrected chi connectivity index (χ3v) is 7.74. The van der Waals surface area contributed by atoms with E-state index in [1.165, 1.54) is 11.1 Å². The Morgan fingerprint density at radius 2 is 1.33 bits per heavy atom. The maximum Gasteiger partial charge on any atom is 0.144 e. The highest BCUT2D eigenvalue weighted by atomic mass is 16.3. The summed E-state index contributed by atoms with van der Waals surface area (Å²) in [4.78, 5) is 14.2. The van der Waals surface area contributed by atoms with E-state index in [9.17, 15) is 5.11 Å². The van der Waals surface area contributed by atoms with E-state index in [4.69, 9.17) is 9.97 Å². The Bertz CT molecular complexity index is 2060. The molecule has 5 heteroatoms. The van der Waals surface area contributed by atoms with Gasteiger partial charge in [0.25, 0.3) is 0 Å². The number of aromatic hydroxyl groups is 1. The van der Waals surface area contributed by atoms with Crippen molar-refractivity contribution in [1.82, 2.24) is 19.5 Å². The molecule has 3 aromatic heterocycles. The van der Waals surface area contributed by atoms with E-state index in [-0.39, 0.29) is 5.75 Å². The van der Waals surface area contributed by atoms with Gasteiger partial charge in [0.05, 0.1) is 23.0 Å². The minimum Gasteiger partial charge on any atom is -0.507 e. The first-order valence-corrected chi connectivity index (χ1v) is 13.9. The van der Waals surface area contributed by atoms with Crippen molar-refractivity contribution in [3.63, 3.8) is 0 Å². The van der Waals surface area contributed by atoms with Crippen molar-refractivity contribution in [3.05, 3.63) is 133 Å². The number of pyridine rings is 2. The number of rotatable bonds is 5. The highest BCUT2D eigenvalue weighted by Crippen LogP contribution is 2.36. The van der Waals surface area contributed by atoms with Crippen LogP contribution in [0.1, 0.15) is 5.56 Å². The Kier molecular flexibility index (Phi) is 6.32. The van der Waals surface area contributed by atoms with Gasteiger partial charge in [0.2, 0.25) is 0 Å². The van der Waals surface area contributed by atoms with Crippen molar-refractivity contribution in [2.24, 2.45) is 7.05 Å². The van der Waals surface area contributed by atoms with Crippen molar-refractivity contribution in [1.29, 1.82) is 0 Å². The number of nitrogens with zero attached hydrogens (tertiary/aromatic N) is 4. The molecule has 202 valence electrons. The smallest absolute Gasteiger partial charge is 0.144 e. The number of fused-ring (bicyclic) bond motifs is 1. The Morgan fingerprint density at radius 3 is 2.14 bits per heavy atom. The van der Waals surface area contributed by atoms with E-state index in [1.54, 1.807) is 6.07 Å². The summed E-state index contributed by atoms with van der Waals surface area (Å²) in [5, 5.41) is 10.6. The van der Waals surface area contributed by atoms with Gasteiger partial charge in [0.15, 0.2) is 0 Å². The van der Waals surface area contributed by atoms with Gasteiger partial charge in [-0.1, -0.05) is 84.4 Å². The Balaban J connectivity index is 1.25. The molecule has 4 aromatic carbocycles. The molecule has 0 saturated carbocycles. The van der Waals surface area contributed by atoms with E-state index in [2.05, 4.69) is 77.8 Å².